The zero-order chi connectivity index (χ0) is 21.3. The third-order valence-corrected chi connectivity index (χ3v) is 5.16. The van der Waals surface area contributed by atoms with Gasteiger partial charge >= 0.3 is 6.09 Å². The highest BCUT2D eigenvalue weighted by molar-refractivity contribution is 5.99. The number of benzene rings is 1. The van der Waals surface area contributed by atoms with Crippen molar-refractivity contribution < 1.29 is 9.53 Å². The van der Waals surface area contributed by atoms with Crippen molar-refractivity contribution in [2.24, 2.45) is 0 Å². The molecule has 0 aliphatic carbocycles. The second kappa shape index (κ2) is 7.89. The topological polar surface area (TPSA) is 71.5 Å². The van der Waals surface area contributed by atoms with Gasteiger partial charge in [-0.25, -0.2) is 4.79 Å². The monoisotopic (exact) mass is 405 g/mol. The van der Waals surface area contributed by atoms with Gasteiger partial charge in [0.25, 0.3) is 0 Å². The van der Waals surface area contributed by atoms with Crippen LogP contribution in [0.2, 0.25) is 0 Å². The Morgan fingerprint density at radius 1 is 1.07 bits per heavy atom. The number of carbonyl (C=O) groups excluding carboxylic acids is 1. The number of amides is 1. The van der Waals surface area contributed by atoms with Crippen molar-refractivity contribution in [3.8, 4) is 11.3 Å². The summed E-state index contributed by atoms with van der Waals surface area (Å²) in [6.07, 6.45) is 3.36. The number of anilines is 1. The maximum atomic E-state index is 12.5. The standard InChI is InChI=1S/C23H27N5O2/c1-16-15-27(22(29)30-23(2,3)4)12-13-28(16)21-19-14-24-11-10-18(19)20(25-26-21)17-8-6-5-7-9-17/h5-11,14,16H,12-13,15H2,1-4H3/t16-/m1/s1. The van der Waals surface area contributed by atoms with Gasteiger partial charge in [0.2, 0.25) is 0 Å². The van der Waals surface area contributed by atoms with Gasteiger partial charge in [-0.2, -0.15) is 0 Å². The maximum absolute atomic E-state index is 12.5. The Hall–Kier alpha value is -3.22. The summed E-state index contributed by atoms with van der Waals surface area (Å²) in [5.41, 5.74) is 1.37. The third kappa shape index (κ3) is 4.06. The molecule has 156 valence electrons. The van der Waals surface area contributed by atoms with Crippen molar-refractivity contribution in [3.63, 3.8) is 0 Å². The van der Waals surface area contributed by atoms with Crippen molar-refractivity contribution >= 4 is 22.7 Å². The Labute approximate surface area is 176 Å². The molecule has 1 amide bonds. The van der Waals surface area contributed by atoms with Crippen LogP contribution >= 0.6 is 0 Å². The normalized spacial score (nSPS) is 17.3. The van der Waals surface area contributed by atoms with Crippen LogP contribution in [0.15, 0.2) is 48.8 Å². The molecule has 0 radical (unpaired) electrons. The molecule has 1 aromatic carbocycles. The number of pyridine rings is 1. The van der Waals surface area contributed by atoms with Crippen LogP contribution in [-0.2, 0) is 4.74 Å². The van der Waals surface area contributed by atoms with Crippen LogP contribution in [0.5, 0.6) is 0 Å². The fraction of sp³-hybridized carbons (Fsp3) is 0.391. The highest BCUT2D eigenvalue weighted by Crippen LogP contribution is 2.32. The van der Waals surface area contributed by atoms with Gasteiger partial charge < -0.3 is 14.5 Å². The quantitative estimate of drug-likeness (QED) is 0.638. The lowest BCUT2D eigenvalue weighted by Crippen LogP contribution is -2.55. The molecule has 0 saturated carbocycles. The summed E-state index contributed by atoms with van der Waals surface area (Å²) in [7, 11) is 0. The van der Waals surface area contributed by atoms with Gasteiger partial charge in [-0.15, -0.1) is 10.2 Å². The van der Waals surface area contributed by atoms with E-state index in [1.807, 2.05) is 63.4 Å². The Balaban J connectivity index is 1.63. The largest absolute Gasteiger partial charge is 0.444 e. The third-order valence-electron chi connectivity index (χ3n) is 5.16. The minimum atomic E-state index is -0.502. The van der Waals surface area contributed by atoms with Gasteiger partial charge in [-0.1, -0.05) is 30.3 Å². The van der Waals surface area contributed by atoms with Crippen LogP contribution < -0.4 is 4.90 Å². The molecule has 7 nitrogen and oxygen atoms in total. The molecular formula is C23H27N5O2. The van der Waals surface area contributed by atoms with Crippen LogP contribution in [0.25, 0.3) is 22.0 Å². The summed E-state index contributed by atoms with van der Waals surface area (Å²) in [5.74, 6) is 0.800. The number of fused-ring (bicyclic) bond motifs is 1. The fourth-order valence-corrected chi connectivity index (χ4v) is 3.77. The van der Waals surface area contributed by atoms with Gasteiger partial charge in [-0.05, 0) is 33.8 Å². The lowest BCUT2D eigenvalue weighted by atomic mass is 10.1. The Morgan fingerprint density at radius 3 is 2.53 bits per heavy atom. The highest BCUT2D eigenvalue weighted by atomic mass is 16.6. The zero-order valence-corrected chi connectivity index (χ0v) is 17.9. The van der Waals surface area contributed by atoms with E-state index in [0.717, 1.165) is 27.8 Å². The average molecular weight is 406 g/mol. The Morgan fingerprint density at radius 2 is 1.83 bits per heavy atom. The first-order valence-electron chi connectivity index (χ1n) is 10.2. The Kier molecular flexibility index (Phi) is 5.28. The summed E-state index contributed by atoms with van der Waals surface area (Å²) < 4.78 is 5.53. The van der Waals surface area contributed by atoms with E-state index in [2.05, 4.69) is 27.0 Å². The smallest absolute Gasteiger partial charge is 0.410 e. The molecule has 3 aromatic rings. The van der Waals surface area contributed by atoms with Gasteiger partial charge in [0, 0.05) is 54.4 Å². The molecule has 1 aliphatic rings. The summed E-state index contributed by atoms with van der Waals surface area (Å²) in [5, 5.41) is 11.1. The van der Waals surface area contributed by atoms with Gasteiger partial charge in [0.05, 0.1) is 0 Å². The van der Waals surface area contributed by atoms with Crippen molar-refractivity contribution in [1.29, 1.82) is 0 Å². The second-order valence-corrected chi connectivity index (χ2v) is 8.63. The summed E-state index contributed by atoms with van der Waals surface area (Å²) >= 11 is 0. The summed E-state index contributed by atoms with van der Waals surface area (Å²) in [6, 6.07) is 12.1. The van der Waals surface area contributed by atoms with E-state index in [4.69, 9.17) is 4.74 Å². The SMILES string of the molecule is C[C@@H]1CN(C(=O)OC(C)(C)C)CCN1c1nnc(-c2ccccc2)c2ccncc12. The van der Waals surface area contributed by atoms with Gasteiger partial charge in [-0.3, -0.25) is 4.98 Å². The number of ether oxygens (including phenoxy) is 1. The molecule has 2 aromatic heterocycles. The lowest BCUT2D eigenvalue weighted by Gasteiger charge is -2.40. The first-order chi connectivity index (χ1) is 14.3. The van der Waals surface area contributed by atoms with Crippen LogP contribution in [0.1, 0.15) is 27.7 Å². The molecule has 1 atom stereocenters. The van der Waals surface area contributed by atoms with E-state index in [0.29, 0.717) is 19.6 Å². The molecule has 1 saturated heterocycles. The first-order valence-corrected chi connectivity index (χ1v) is 10.2. The van der Waals surface area contributed by atoms with E-state index in [9.17, 15) is 4.79 Å². The molecular weight excluding hydrogens is 378 g/mol. The molecule has 30 heavy (non-hydrogen) atoms. The molecule has 0 N–H and O–H groups in total. The van der Waals surface area contributed by atoms with E-state index in [1.54, 1.807) is 11.1 Å². The number of rotatable bonds is 2. The van der Waals surface area contributed by atoms with Crippen molar-refractivity contribution in [2.75, 3.05) is 24.5 Å². The number of aromatic nitrogens is 3. The minimum absolute atomic E-state index is 0.0755. The van der Waals surface area contributed by atoms with Crippen molar-refractivity contribution in [1.82, 2.24) is 20.1 Å². The molecule has 1 aliphatic heterocycles. The van der Waals surface area contributed by atoms with Crippen LogP contribution in [0, 0.1) is 0 Å². The van der Waals surface area contributed by atoms with Crippen LogP contribution in [0.4, 0.5) is 10.6 Å². The van der Waals surface area contributed by atoms with E-state index in [-0.39, 0.29) is 12.1 Å². The predicted molar refractivity (Wildman–Crippen MR) is 117 cm³/mol. The summed E-state index contributed by atoms with van der Waals surface area (Å²) in [4.78, 5) is 20.8. The Bertz CT molecular complexity index is 1050. The number of piperazine rings is 1. The molecule has 0 bridgehead atoms. The molecule has 1 fully saturated rings. The highest BCUT2D eigenvalue weighted by Gasteiger charge is 2.31. The fourth-order valence-electron chi connectivity index (χ4n) is 3.77. The zero-order valence-electron chi connectivity index (χ0n) is 17.9. The van der Waals surface area contributed by atoms with Crippen molar-refractivity contribution in [3.05, 3.63) is 48.8 Å². The van der Waals surface area contributed by atoms with E-state index >= 15 is 0 Å². The average Bonchev–Trinajstić information content (AvgIpc) is 2.72. The van der Waals surface area contributed by atoms with Crippen LogP contribution in [-0.4, -0.2) is 57.5 Å². The van der Waals surface area contributed by atoms with E-state index in [1.165, 1.54) is 0 Å². The second-order valence-electron chi connectivity index (χ2n) is 8.63. The molecule has 4 rings (SSSR count). The van der Waals surface area contributed by atoms with Crippen LogP contribution in [0.3, 0.4) is 0 Å². The first kappa shape index (κ1) is 20.1. The minimum Gasteiger partial charge on any atom is -0.444 e. The van der Waals surface area contributed by atoms with Gasteiger partial charge in [0.1, 0.15) is 11.3 Å². The lowest BCUT2D eigenvalue weighted by molar-refractivity contribution is 0.0218. The molecule has 7 heteroatoms. The molecule has 0 unspecified atom stereocenters. The molecule has 0 spiro atoms. The number of hydrogen-bond donors (Lipinski definition) is 0. The molecule has 3 heterocycles. The number of carbonyl (C=O) groups is 1. The van der Waals surface area contributed by atoms with Gasteiger partial charge in [0.15, 0.2) is 5.82 Å². The number of hydrogen-bond acceptors (Lipinski definition) is 6. The number of nitrogens with zero attached hydrogens (tertiary/aromatic N) is 5. The summed E-state index contributed by atoms with van der Waals surface area (Å²) in [6.45, 7) is 9.53. The van der Waals surface area contributed by atoms with Crippen molar-refractivity contribution in [2.45, 2.75) is 39.3 Å². The van der Waals surface area contributed by atoms with E-state index < -0.39 is 5.60 Å². The maximum Gasteiger partial charge on any atom is 0.410 e. The predicted octanol–water partition coefficient (Wildman–Crippen LogP) is 4.14.